The molecule has 5 aromatic carbocycles. The smallest absolute Gasteiger partial charge is 0.744 e. The van der Waals surface area contributed by atoms with Crippen LogP contribution in [0.5, 0.6) is 0 Å². The van der Waals surface area contributed by atoms with Crippen molar-refractivity contribution < 1.29 is 179 Å². The Bertz CT molecular complexity index is 4910. The van der Waals surface area contributed by atoms with Crippen molar-refractivity contribution in [3.05, 3.63) is 108 Å². The van der Waals surface area contributed by atoms with Gasteiger partial charge in [-0.2, -0.15) is 4.98 Å². The van der Waals surface area contributed by atoms with Crippen molar-refractivity contribution in [2.75, 3.05) is 4.72 Å². The first-order valence-electron chi connectivity index (χ1n) is 20.5. The van der Waals surface area contributed by atoms with E-state index in [1.807, 2.05) is 0 Å². The zero-order chi connectivity index (χ0) is 53.3. The minimum absolute atomic E-state index is 0. The van der Waals surface area contributed by atoms with Crippen LogP contribution in [0.4, 0.5) is 11.4 Å². The van der Waals surface area contributed by atoms with Crippen molar-refractivity contribution in [2.45, 2.75) is 24.5 Å². The van der Waals surface area contributed by atoms with Gasteiger partial charge in [0.25, 0.3) is 10.0 Å². The van der Waals surface area contributed by atoms with Gasteiger partial charge in [-0.3, -0.25) is 15.1 Å². The molecule has 0 atom stereocenters. The molecular weight excluding hydrogens is 1200 g/mol. The van der Waals surface area contributed by atoms with Crippen LogP contribution in [0.1, 0.15) is 0 Å². The molecule has 0 radical (unpaired) electrons. The number of H-pyrrole nitrogens is 4. The number of rotatable bonds is 8. The summed E-state index contributed by atoms with van der Waals surface area (Å²) in [7, 11) is -25.6. The summed E-state index contributed by atoms with van der Waals surface area (Å²) in [5, 5.41) is 7.60. The number of sulfonamides is 1. The maximum Gasteiger partial charge on any atom is 1.00 e. The molecule has 11 rings (SSSR count). The van der Waals surface area contributed by atoms with Gasteiger partial charge in [-0.15, -0.1) is 0 Å². The Morgan fingerprint density at radius 1 is 0.456 bits per heavy atom. The quantitative estimate of drug-likeness (QED) is 0.0608. The Balaban J connectivity index is 0.00000226. The van der Waals surface area contributed by atoms with E-state index in [1.165, 1.54) is 24.3 Å². The summed E-state index contributed by atoms with van der Waals surface area (Å²) in [6.07, 6.45) is 0. The minimum Gasteiger partial charge on any atom is -0.744 e. The molecule has 0 aliphatic carbocycles. The van der Waals surface area contributed by atoms with E-state index in [0.29, 0.717) is 0 Å². The summed E-state index contributed by atoms with van der Waals surface area (Å²) in [4.78, 5) is 42.5. The van der Waals surface area contributed by atoms with Crippen LogP contribution in [0.25, 0.3) is 90.4 Å². The summed E-state index contributed by atoms with van der Waals surface area (Å²) in [5.74, 6) is -1.39. The van der Waals surface area contributed by atoms with E-state index in [-0.39, 0.29) is 225 Å². The maximum absolute atomic E-state index is 14.3. The second-order valence-electron chi connectivity index (χ2n) is 16.0. The van der Waals surface area contributed by atoms with Gasteiger partial charge in [-0.1, -0.05) is 0 Å². The summed E-state index contributed by atoms with van der Waals surface area (Å²) in [6, 6.07) is 15.7. The van der Waals surface area contributed by atoms with E-state index in [1.54, 1.807) is 0 Å². The van der Waals surface area contributed by atoms with Crippen LogP contribution < -0.4 is 134 Å². The predicted octanol–water partition coefficient (Wildman–Crippen LogP) is -9.38. The van der Waals surface area contributed by atoms with E-state index in [2.05, 4.69) is 64.5 Å². The van der Waals surface area contributed by atoms with Crippen LogP contribution >= 0.6 is 11.6 Å². The Morgan fingerprint density at radius 3 is 1.48 bits per heavy atom. The molecule has 0 saturated heterocycles. The summed E-state index contributed by atoms with van der Waals surface area (Å²) in [6.45, 7) is 0. The number of benzene rings is 5. The van der Waals surface area contributed by atoms with Gasteiger partial charge >= 0.3 is 118 Å². The molecular formula is C41H21ClN14Na4O14S5. The van der Waals surface area contributed by atoms with Crippen molar-refractivity contribution in [2.24, 2.45) is 4.99 Å². The fraction of sp³-hybridized carbons (Fsp3) is 0. The molecule has 3 aliphatic rings. The summed E-state index contributed by atoms with van der Waals surface area (Å²) in [5.41, 5.74) is -1.75. The first-order valence-corrected chi connectivity index (χ1v) is 28.0. The van der Waals surface area contributed by atoms with Crippen LogP contribution in [0.15, 0.2) is 120 Å². The number of hydrogen-bond acceptors (Lipinski definition) is 23. The topological polar surface area (TPSA) is 465 Å². The van der Waals surface area contributed by atoms with E-state index < -0.39 is 86.3 Å². The summed E-state index contributed by atoms with van der Waals surface area (Å²) >= 11 is 5.89. The molecule has 28 nitrogen and oxygen atoms in total. The van der Waals surface area contributed by atoms with Gasteiger partial charge in [0.2, 0.25) is 16.5 Å². The van der Waals surface area contributed by atoms with Crippen LogP contribution in [0.2, 0.25) is 5.28 Å². The molecule has 6 heterocycles. The molecule has 38 heteroatoms. The molecule has 0 fully saturated rings. The first kappa shape index (κ1) is 62.4. The van der Waals surface area contributed by atoms with Gasteiger partial charge in [-0.05, 0) is 103 Å². The van der Waals surface area contributed by atoms with Crippen LogP contribution in [-0.2, 0) is 50.5 Å². The third-order valence-corrected chi connectivity index (χ3v) is 16.2. The third kappa shape index (κ3) is 12.3. The number of fused-ring (bicyclic) bond motifs is 20. The van der Waals surface area contributed by atoms with E-state index in [9.17, 15) is 60.3 Å². The molecule has 0 amide bonds. The number of nitrogens with zero attached hydrogens (tertiary/aromatic N) is 8. The Labute approximate surface area is 537 Å². The van der Waals surface area contributed by atoms with Crippen molar-refractivity contribution in [3.63, 3.8) is 0 Å². The predicted molar refractivity (Wildman–Crippen MR) is 252 cm³/mol. The van der Waals surface area contributed by atoms with E-state index >= 15 is 0 Å². The molecule has 3 aliphatic heterocycles. The van der Waals surface area contributed by atoms with Gasteiger partial charge in [0, 0.05) is 44.2 Å². The Morgan fingerprint density at radius 2 is 0.924 bits per heavy atom. The monoisotopic (exact) mass is 1220 g/mol. The largest absolute Gasteiger partial charge is 1.00 e. The van der Waals surface area contributed by atoms with Gasteiger partial charge in [-0.25, -0.2) is 77.0 Å². The maximum atomic E-state index is 14.3. The molecule has 3 aromatic heterocycles. The Hall–Kier alpha value is -4.25. The molecule has 79 heavy (non-hydrogen) atoms. The van der Waals surface area contributed by atoms with Crippen LogP contribution in [0.3, 0.4) is 0 Å². The second-order valence-corrected chi connectivity index (χ2v) is 23.5. The van der Waals surface area contributed by atoms with E-state index in [0.717, 1.165) is 66.7 Å². The normalized spacial score (nSPS) is 12.6. The number of halogens is 1. The number of anilines is 1. The van der Waals surface area contributed by atoms with Crippen molar-refractivity contribution in [1.82, 2.24) is 54.8 Å². The molecule has 8 aromatic rings. The summed E-state index contributed by atoms with van der Waals surface area (Å²) < 4.78 is 179. The number of nitrogens with one attached hydrogen (secondary N) is 6. The van der Waals surface area contributed by atoms with Gasteiger partial charge < -0.3 is 33.2 Å². The fourth-order valence-corrected chi connectivity index (χ4v) is 11.5. The van der Waals surface area contributed by atoms with Crippen molar-refractivity contribution in [1.29, 1.82) is 5.41 Å². The van der Waals surface area contributed by atoms with Gasteiger partial charge in [0.1, 0.15) is 63.4 Å². The molecule has 0 unspecified atom stereocenters. The SMILES string of the molecule is N=c1nc(Cl)[nH]c(=Nc2ccc(S(=O)(=O)[O-])c(NS(=O)(=O)c3ccc4c(c3)-c3nc-4nc4nc(nc5[nH]c(nc6nc([nH]3)-c3cc(S(=O)(=O)[O-])ccc3-6)c3ccc(S(=O)(=O)[O-])cc53)-c3cc(S(=O)(=O)[O-])ccc3-4)c2)[nH]1.[Na+].[Na+].[Na+].[Na+]. The van der Waals surface area contributed by atoms with Crippen molar-refractivity contribution in [3.8, 4) is 68.3 Å². The zero-order valence-corrected chi connectivity index (χ0v) is 53.2. The van der Waals surface area contributed by atoms with Gasteiger partial charge in [0.15, 0.2) is 23.3 Å². The average molecular weight is 1220 g/mol. The number of hydrogen-bond donors (Lipinski definition) is 6. The van der Waals surface area contributed by atoms with Crippen LogP contribution in [-0.4, -0.2) is 115 Å². The fourth-order valence-electron chi connectivity index (χ4n) is 8.01. The number of aromatic amines is 4. The molecule has 8 bridgehead atoms. The average Bonchev–Trinajstić information content (AvgIpc) is 4.11. The Kier molecular flexibility index (Phi) is 17.7. The minimum atomic E-state index is -5.37. The molecule has 0 spiro atoms. The standard InChI is InChI=1S/C41H25ClN14O14S5.4Na/c42-39-53-40(43)55-41(54-39)44-16-1-10-30(75(68,69)70)29(11-16)56-71(57,58)17-2-6-21-25(12-17)35-47-31(21)45-32-23-8-4-19(73(62,63)64)14-27(23)37(49-32)52-38-28-15-20(74(65,66)67)5-9-24(28)34(50-38)46-33-22-7-3-18(72(59,60)61)13-26(22)36(48-33)51-35;;;;/h1-15,56H,(H,59,60,61)(H,62,63,64)(H,65,66,67)(H,68,69,70)(H3,43,44,53,54,55)(H2,45,46,47,48,49,50,51,52);;;;/q;4*+1/p-4. The molecule has 380 valence electrons. The second kappa shape index (κ2) is 22.5. The molecule has 0 saturated carbocycles. The zero-order valence-electron chi connectivity index (χ0n) is 40.4. The van der Waals surface area contributed by atoms with E-state index in [4.69, 9.17) is 17.0 Å². The van der Waals surface area contributed by atoms with Crippen LogP contribution in [0, 0.1) is 5.41 Å². The first-order chi connectivity index (χ1) is 35.2. The number of aromatic nitrogens is 11. The molecule has 6 N–H and O–H groups in total. The van der Waals surface area contributed by atoms with Gasteiger partial charge in [0.05, 0.1) is 35.9 Å². The van der Waals surface area contributed by atoms with Crippen molar-refractivity contribution >= 4 is 95.5 Å². The third-order valence-electron chi connectivity index (χ3n) is 11.3.